The first kappa shape index (κ1) is 11.5. The molecule has 1 aromatic rings. The Bertz CT molecular complexity index is 339. The standard InChI is InChI=1S/C11H17N3OS/c1-16-8-11(15)13-5-2-3-10(7-13)14-6-4-12-9-14/h4,6,9-10H,2-3,5,7-8H2,1H3. The molecule has 0 N–H and O–H groups in total. The second-order valence-electron chi connectivity index (χ2n) is 4.08. The van der Waals surface area contributed by atoms with E-state index in [0.29, 0.717) is 11.8 Å². The lowest BCUT2D eigenvalue weighted by Crippen LogP contribution is -2.41. The Kier molecular flexibility index (Phi) is 3.88. The normalized spacial score (nSPS) is 21.1. The fraction of sp³-hybridized carbons (Fsp3) is 0.636. The number of aromatic nitrogens is 2. The summed E-state index contributed by atoms with van der Waals surface area (Å²) in [5.41, 5.74) is 0. The maximum absolute atomic E-state index is 11.8. The zero-order valence-corrected chi connectivity index (χ0v) is 10.3. The molecule has 4 nitrogen and oxygen atoms in total. The Labute approximate surface area is 100 Å². The average Bonchev–Trinajstić information content (AvgIpc) is 2.83. The van der Waals surface area contributed by atoms with Crippen molar-refractivity contribution in [2.24, 2.45) is 0 Å². The molecule has 0 bridgehead atoms. The van der Waals surface area contributed by atoms with Gasteiger partial charge in [-0.1, -0.05) is 0 Å². The lowest BCUT2D eigenvalue weighted by Gasteiger charge is -2.33. The molecule has 1 aromatic heterocycles. The minimum Gasteiger partial charge on any atom is -0.340 e. The van der Waals surface area contributed by atoms with Gasteiger partial charge in [-0.15, -0.1) is 0 Å². The first-order chi connectivity index (χ1) is 7.81. The van der Waals surface area contributed by atoms with Crippen LogP contribution in [0.5, 0.6) is 0 Å². The van der Waals surface area contributed by atoms with Crippen LogP contribution in [0.15, 0.2) is 18.7 Å². The van der Waals surface area contributed by atoms with Crippen molar-refractivity contribution in [1.29, 1.82) is 0 Å². The van der Waals surface area contributed by atoms with Crippen molar-refractivity contribution in [3.05, 3.63) is 18.7 Å². The van der Waals surface area contributed by atoms with E-state index in [9.17, 15) is 4.79 Å². The van der Waals surface area contributed by atoms with E-state index in [1.165, 1.54) is 0 Å². The van der Waals surface area contributed by atoms with E-state index in [0.717, 1.165) is 25.9 Å². The van der Waals surface area contributed by atoms with E-state index in [1.54, 1.807) is 18.0 Å². The smallest absolute Gasteiger partial charge is 0.232 e. The van der Waals surface area contributed by atoms with Gasteiger partial charge < -0.3 is 9.47 Å². The van der Waals surface area contributed by atoms with E-state index in [2.05, 4.69) is 9.55 Å². The summed E-state index contributed by atoms with van der Waals surface area (Å²) in [6.07, 6.45) is 9.81. The van der Waals surface area contributed by atoms with Gasteiger partial charge in [0.15, 0.2) is 0 Å². The molecule has 1 atom stereocenters. The van der Waals surface area contributed by atoms with Gasteiger partial charge in [-0.05, 0) is 19.1 Å². The number of carbonyl (C=O) groups is 1. The molecule has 0 spiro atoms. The van der Waals surface area contributed by atoms with Gasteiger partial charge in [0.25, 0.3) is 0 Å². The molecule has 1 fully saturated rings. The van der Waals surface area contributed by atoms with Gasteiger partial charge in [-0.25, -0.2) is 4.98 Å². The molecule has 0 aromatic carbocycles. The average molecular weight is 239 g/mol. The van der Waals surface area contributed by atoms with Crippen LogP contribution in [0, 0.1) is 0 Å². The van der Waals surface area contributed by atoms with Gasteiger partial charge in [-0.3, -0.25) is 4.79 Å². The fourth-order valence-corrected chi connectivity index (χ4v) is 2.55. The van der Waals surface area contributed by atoms with Crippen LogP contribution < -0.4 is 0 Å². The Morgan fingerprint density at radius 2 is 2.50 bits per heavy atom. The summed E-state index contributed by atoms with van der Waals surface area (Å²) in [6, 6.07) is 0.405. The molecule has 1 amide bonds. The summed E-state index contributed by atoms with van der Waals surface area (Å²) < 4.78 is 2.11. The molecule has 0 aliphatic carbocycles. The van der Waals surface area contributed by atoms with Crippen molar-refractivity contribution in [2.75, 3.05) is 25.1 Å². The predicted octanol–water partition coefficient (Wildman–Crippen LogP) is 1.41. The molecule has 1 aliphatic rings. The molecule has 1 unspecified atom stereocenters. The minimum absolute atomic E-state index is 0.261. The number of hydrogen-bond acceptors (Lipinski definition) is 3. The Morgan fingerprint density at radius 3 is 3.19 bits per heavy atom. The molecule has 0 radical (unpaired) electrons. The maximum atomic E-state index is 11.8. The lowest BCUT2D eigenvalue weighted by atomic mass is 10.1. The molecule has 1 saturated heterocycles. The Balaban J connectivity index is 1.96. The predicted molar refractivity (Wildman–Crippen MR) is 65.5 cm³/mol. The molecule has 16 heavy (non-hydrogen) atoms. The number of piperidine rings is 1. The second-order valence-corrected chi connectivity index (χ2v) is 4.94. The summed E-state index contributed by atoms with van der Waals surface area (Å²) in [7, 11) is 0. The highest BCUT2D eigenvalue weighted by Crippen LogP contribution is 2.21. The van der Waals surface area contributed by atoms with Crippen molar-refractivity contribution in [2.45, 2.75) is 18.9 Å². The number of hydrogen-bond donors (Lipinski definition) is 0. The van der Waals surface area contributed by atoms with E-state index < -0.39 is 0 Å². The third-order valence-corrected chi connectivity index (χ3v) is 3.50. The van der Waals surface area contributed by atoms with Crippen LogP contribution in [-0.2, 0) is 4.79 Å². The molecular formula is C11H17N3OS. The number of carbonyl (C=O) groups excluding carboxylic acids is 1. The van der Waals surface area contributed by atoms with Gasteiger partial charge in [0.1, 0.15) is 0 Å². The number of imidazole rings is 1. The van der Waals surface area contributed by atoms with Gasteiger partial charge >= 0.3 is 0 Å². The topological polar surface area (TPSA) is 38.1 Å². The van der Waals surface area contributed by atoms with E-state index in [1.807, 2.05) is 23.7 Å². The van der Waals surface area contributed by atoms with Crippen molar-refractivity contribution in [3.63, 3.8) is 0 Å². The first-order valence-corrected chi connectivity index (χ1v) is 6.95. The van der Waals surface area contributed by atoms with Gasteiger partial charge in [0.05, 0.1) is 18.1 Å². The summed E-state index contributed by atoms with van der Waals surface area (Å²) in [5.74, 6) is 0.855. The molecule has 1 aliphatic heterocycles. The van der Waals surface area contributed by atoms with Crippen LogP contribution in [0.25, 0.3) is 0 Å². The van der Waals surface area contributed by atoms with Crippen LogP contribution >= 0.6 is 11.8 Å². The molecule has 88 valence electrons. The van der Waals surface area contributed by atoms with Gasteiger partial charge in [0, 0.05) is 25.5 Å². The summed E-state index contributed by atoms with van der Waals surface area (Å²) in [6.45, 7) is 1.74. The summed E-state index contributed by atoms with van der Waals surface area (Å²) >= 11 is 1.59. The van der Waals surface area contributed by atoms with Crippen LogP contribution in [-0.4, -0.2) is 45.5 Å². The van der Waals surface area contributed by atoms with E-state index >= 15 is 0 Å². The largest absolute Gasteiger partial charge is 0.340 e. The monoisotopic (exact) mass is 239 g/mol. The van der Waals surface area contributed by atoms with Crippen molar-refractivity contribution >= 4 is 17.7 Å². The third kappa shape index (κ3) is 2.58. The van der Waals surface area contributed by atoms with Crippen molar-refractivity contribution in [1.82, 2.24) is 14.5 Å². The molecular weight excluding hydrogens is 222 g/mol. The minimum atomic E-state index is 0.261. The van der Waals surface area contributed by atoms with Crippen LogP contribution in [0.3, 0.4) is 0 Å². The highest BCUT2D eigenvalue weighted by molar-refractivity contribution is 7.99. The van der Waals surface area contributed by atoms with Crippen LogP contribution in [0.1, 0.15) is 18.9 Å². The number of nitrogens with zero attached hydrogens (tertiary/aromatic N) is 3. The third-order valence-electron chi connectivity index (χ3n) is 2.96. The van der Waals surface area contributed by atoms with Gasteiger partial charge in [-0.2, -0.15) is 11.8 Å². The molecule has 2 heterocycles. The molecule has 5 heteroatoms. The molecule has 0 saturated carbocycles. The number of likely N-dealkylation sites (tertiary alicyclic amines) is 1. The second kappa shape index (κ2) is 5.39. The van der Waals surface area contributed by atoms with Crippen molar-refractivity contribution in [3.8, 4) is 0 Å². The number of thioether (sulfide) groups is 1. The number of rotatable bonds is 3. The summed E-state index contributed by atoms with van der Waals surface area (Å²) in [4.78, 5) is 17.8. The zero-order chi connectivity index (χ0) is 11.4. The summed E-state index contributed by atoms with van der Waals surface area (Å²) in [5, 5.41) is 0. The highest BCUT2D eigenvalue weighted by Gasteiger charge is 2.23. The van der Waals surface area contributed by atoms with E-state index in [4.69, 9.17) is 0 Å². The zero-order valence-electron chi connectivity index (χ0n) is 9.50. The lowest BCUT2D eigenvalue weighted by molar-refractivity contribution is -0.129. The van der Waals surface area contributed by atoms with Crippen molar-refractivity contribution < 1.29 is 4.79 Å². The Hall–Kier alpha value is -0.970. The van der Waals surface area contributed by atoms with Crippen LogP contribution in [0.4, 0.5) is 0 Å². The quantitative estimate of drug-likeness (QED) is 0.800. The number of amides is 1. The van der Waals surface area contributed by atoms with Crippen LogP contribution in [0.2, 0.25) is 0 Å². The highest BCUT2D eigenvalue weighted by atomic mass is 32.2. The Morgan fingerprint density at radius 1 is 1.62 bits per heavy atom. The first-order valence-electron chi connectivity index (χ1n) is 5.55. The fourth-order valence-electron chi connectivity index (χ4n) is 2.12. The maximum Gasteiger partial charge on any atom is 0.232 e. The van der Waals surface area contributed by atoms with E-state index in [-0.39, 0.29) is 5.91 Å². The SMILES string of the molecule is CSCC(=O)N1CCCC(n2ccnc2)C1. The van der Waals surface area contributed by atoms with Gasteiger partial charge in [0.2, 0.25) is 5.91 Å². The molecule has 2 rings (SSSR count).